The second-order valence-electron chi connectivity index (χ2n) is 4.27. The van der Waals surface area contributed by atoms with Crippen LogP contribution < -0.4 is 5.73 Å². The largest absolute Gasteiger partial charge is 0.327 e. The number of aromatic nitrogens is 2. The van der Waals surface area contributed by atoms with E-state index in [0.717, 1.165) is 12.1 Å². The van der Waals surface area contributed by atoms with Gasteiger partial charge in [-0.3, -0.25) is 8.89 Å². The van der Waals surface area contributed by atoms with E-state index >= 15 is 0 Å². The van der Waals surface area contributed by atoms with Gasteiger partial charge in [-0.2, -0.15) is 5.10 Å². The van der Waals surface area contributed by atoms with Gasteiger partial charge in [-0.15, -0.1) is 0 Å². The van der Waals surface area contributed by atoms with Crippen molar-refractivity contribution < 1.29 is 4.21 Å². The number of nitrogens with zero attached hydrogens (tertiary/aromatic N) is 2. The first-order valence-electron chi connectivity index (χ1n) is 5.67. The van der Waals surface area contributed by atoms with Gasteiger partial charge in [-0.25, -0.2) is 0 Å². The van der Waals surface area contributed by atoms with Crippen LogP contribution in [0.15, 0.2) is 12.3 Å². The zero-order valence-electron chi connectivity index (χ0n) is 10.2. The van der Waals surface area contributed by atoms with Crippen LogP contribution in [-0.4, -0.2) is 25.8 Å². The van der Waals surface area contributed by atoms with Gasteiger partial charge < -0.3 is 5.73 Å². The van der Waals surface area contributed by atoms with Gasteiger partial charge in [0.25, 0.3) is 0 Å². The molecule has 3 atom stereocenters. The summed E-state index contributed by atoms with van der Waals surface area (Å²) in [5.74, 6) is 1.04. The summed E-state index contributed by atoms with van der Waals surface area (Å²) in [6, 6.07) is 2.32. The SMILES string of the molecule is CCC(C)n1ccc(CS(=O)CC(C)N)n1. The van der Waals surface area contributed by atoms with Crippen LogP contribution in [0.2, 0.25) is 0 Å². The molecule has 0 spiro atoms. The maximum absolute atomic E-state index is 11.7. The van der Waals surface area contributed by atoms with E-state index in [9.17, 15) is 4.21 Å². The second kappa shape index (κ2) is 6.15. The summed E-state index contributed by atoms with van der Waals surface area (Å²) < 4.78 is 13.6. The molecule has 0 aliphatic carbocycles. The minimum absolute atomic E-state index is 0.0162. The molecule has 0 aliphatic rings. The molecule has 0 aromatic carbocycles. The monoisotopic (exact) mass is 243 g/mol. The molecule has 92 valence electrons. The summed E-state index contributed by atoms with van der Waals surface area (Å²) in [6.45, 7) is 6.12. The molecule has 0 saturated carbocycles. The van der Waals surface area contributed by atoms with Crippen molar-refractivity contribution in [1.82, 2.24) is 9.78 Å². The van der Waals surface area contributed by atoms with Crippen molar-refractivity contribution in [2.75, 3.05) is 5.75 Å². The zero-order valence-corrected chi connectivity index (χ0v) is 11.0. The van der Waals surface area contributed by atoms with Crippen LogP contribution in [0.5, 0.6) is 0 Å². The van der Waals surface area contributed by atoms with Crippen LogP contribution >= 0.6 is 0 Å². The molecule has 0 radical (unpaired) electrons. The molecule has 1 aromatic rings. The lowest BCUT2D eigenvalue weighted by Crippen LogP contribution is -2.23. The summed E-state index contributed by atoms with van der Waals surface area (Å²) in [5, 5.41) is 4.41. The molecule has 0 amide bonds. The van der Waals surface area contributed by atoms with E-state index in [1.807, 2.05) is 23.9 Å². The van der Waals surface area contributed by atoms with Gasteiger partial charge in [-0.05, 0) is 26.3 Å². The van der Waals surface area contributed by atoms with Crippen LogP contribution in [0.3, 0.4) is 0 Å². The van der Waals surface area contributed by atoms with Crippen LogP contribution in [0.4, 0.5) is 0 Å². The third-order valence-corrected chi connectivity index (χ3v) is 3.98. The molecule has 5 heteroatoms. The van der Waals surface area contributed by atoms with Crippen molar-refractivity contribution in [3.63, 3.8) is 0 Å². The van der Waals surface area contributed by atoms with E-state index in [4.69, 9.17) is 5.73 Å². The summed E-state index contributed by atoms with van der Waals surface area (Å²) in [7, 11) is -0.904. The lowest BCUT2D eigenvalue weighted by molar-refractivity contribution is 0.475. The average molecular weight is 243 g/mol. The first-order valence-corrected chi connectivity index (χ1v) is 7.16. The van der Waals surface area contributed by atoms with Gasteiger partial charge in [0.2, 0.25) is 0 Å². The molecule has 0 aliphatic heterocycles. The maximum atomic E-state index is 11.7. The molecular formula is C11H21N3OS. The highest BCUT2D eigenvalue weighted by molar-refractivity contribution is 7.84. The first-order chi connectivity index (χ1) is 7.52. The molecule has 16 heavy (non-hydrogen) atoms. The molecule has 1 aromatic heterocycles. The fourth-order valence-electron chi connectivity index (χ4n) is 1.40. The third-order valence-electron chi connectivity index (χ3n) is 2.46. The number of hydrogen-bond acceptors (Lipinski definition) is 3. The Bertz CT molecular complexity index is 349. The van der Waals surface area contributed by atoms with Gasteiger partial charge in [0.15, 0.2) is 0 Å². The molecule has 0 fully saturated rings. The topological polar surface area (TPSA) is 60.9 Å². The highest BCUT2D eigenvalue weighted by atomic mass is 32.2. The minimum atomic E-state index is -0.904. The maximum Gasteiger partial charge on any atom is 0.0749 e. The van der Waals surface area contributed by atoms with Crippen LogP contribution in [0, 0.1) is 0 Å². The number of rotatable bonds is 6. The van der Waals surface area contributed by atoms with Crippen molar-refractivity contribution in [3.05, 3.63) is 18.0 Å². The summed E-state index contributed by atoms with van der Waals surface area (Å²) in [6.07, 6.45) is 3.00. The van der Waals surface area contributed by atoms with Gasteiger partial charge in [0.05, 0.1) is 11.4 Å². The molecule has 3 unspecified atom stereocenters. The highest BCUT2D eigenvalue weighted by Gasteiger charge is 2.09. The molecule has 0 bridgehead atoms. The van der Waals surface area contributed by atoms with Crippen LogP contribution in [0.25, 0.3) is 0 Å². The van der Waals surface area contributed by atoms with Crippen molar-refractivity contribution in [2.24, 2.45) is 5.73 Å². The zero-order chi connectivity index (χ0) is 12.1. The fraction of sp³-hybridized carbons (Fsp3) is 0.727. The van der Waals surface area contributed by atoms with Crippen molar-refractivity contribution >= 4 is 10.8 Å². The summed E-state index contributed by atoms with van der Waals surface area (Å²) in [5.41, 5.74) is 6.49. The lowest BCUT2D eigenvalue weighted by atomic mass is 10.3. The molecule has 0 saturated heterocycles. The van der Waals surface area contributed by atoms with Crippen LogP contribution in [-0.2, 0) is 16.6 Å². The van der Waals surface area contributed by atoms with Gasteiger partial charge in [0, 0.05) is 34.8 Å². The van der Waals surface area contributed by atoms with Gasteiger partial charge in [-0.1, -0.05) is 6.92 Å². The average Bonchev–Trinajstić information content (AvgIpc) is 2.63. The highest BCUT2D eigenvalue weighted by Crippen LogP contribution is 2.10. The Morgan fingerprint density at radius 1 is 1.56 bits per heavy atom. The van der Waals surface area contributed by atoms with E-state index in [2.05, 4.69) is 18.9 Å². The fourth-order valence-corrected chi connectivity index (χ4v) is 2.59. The molecule has 2 N–H and O–H groups in total. The van der Waals surface area contributed by atoms with Crippen molar-refractivity contribution in [3.8, 4) is 0 Å². The van der Waals surface area contributed by atoms with E-state index in [0.29, 0.717) is 17.5 Å². The summed E-state index contributed by atoms with van der Waals surface area (Å²) in [4.78, 5) is 0. The van der Waals surface area contributed by atoms with Crippen LogP contribution in [0.1, 0.15) is 38.9 Å². The predicted octanol–water partition coefficient (Wildman–Crippen LogP) is 1.45. The van der Waals surface area contributed by atoms with E-state index in [-0.39, 0.29) is 6.04 Å². The second-order valence-corrected chi connectivity index (χ2v) is 5.77. The Hall–Kier alpha value is -0.680. The Labute approximate surface area is 99.7 Å². The molecule has 1 rings (SSSR count). The van der Waals surface area contributed by atoms with Crippen molar-refractivity contribution in [1.29, 1.82) is 0 Å². The Morgan fingerprint density at radius 2 is 2.25 bits per heavy atom. The van der Waals surface area contributed by atoms with Crippen molar-refractivity contribution in [2.45, 2.75) is 45.0 Å². The number of hydrogen-bond donors (Lipinski definition) is 1. The quantitative estimate of drug-likeness (QED) is 0.822. The lowest BCUT2D eigenvalue weighted by Gasteiger charge is -2.08. The van der Waals surface area contributed by atoms with E-state index in [1.165, 1.54) is 0 Å². The minimum Gasteiger partial charge on any atom is -0.327 e. The Morgan fingerprint density at radius 3 is 2.81 bits per heavy atom. The standard InChI is InChI=1S/C11H21N3OS/c1-4-10(3)14-6-5-11(13-14)8-16(15)7-9(2)12/h5-6,9-10H,4,7-8,12H2,1-3H3. The van der Waals surface area contributed by atoms with Gasteiger partial charge in [0.1, 0.15) is 0 Å². The third kappa shape index (κ3) is 4.06. The summed E-state index contributed by atoms with van der Waals surface area (Å²) >= 11 is 0. The molecule has 4 nitrogen and oxygen atoms in total. The van der Waals surface area contributed by atoms with Gasteiger partial charge >= 0.3 is 0 Å². The first kappa shape index (κ1) is 13.4. The van der Waals surface area contributed by atoms with E-state index < -0.39 is 10.8 Å². The smallest absolute Gasteiger partial charge is 0.0749 e. The molecule has 1 heterocycles. The molecular weight excluding hydrogens is 222 g/mol. The van der Waals surface area contributed by atoms with E-state index in [1.54, 1.807) is 0 Å². The Kier molecular flexibility index (Phi) is 5.15. The number of nitrogens with two attached hydrogens (primary N) is 1. The normalized spacial score (nSPS) is 17.0. The predicted molar refractivity (Wildman–Crippen MR) is 67.6 cm³/mol. The Balaban J connectivity index is 2.55.